The molecule has 2 aromatic carbocycles. The van der Waals surface area contributed by atoms with Gasteiger partial charge in [0.15, 0.2) is 0 Å². The average molecular weight is 278 g/mol. The van der Waals surface area contributed by atoms with E-state index < -0.39 is 17.5 Å². The number of hydrogen-bond donors (Lipinski definition) is 0. The Hall–Kier alpha value is -2.23. The van der Waals surface area contributed by atoms with E-state index >= 15 is 0 Å². The Labute approximate surface area is 115 Å². The van der Waals surface area contributed by atoms with Crippen LogP contribution in [0, 0.1) is 17.5 Å². The molecule has 0 aromatic heterocycles. The van der Waals surface area contributed by atoms with Crippen molar-refractivity contribution in [3.63, 3.8) is 0 Å². The number of allylic oxidation sites excluding steroid dienone is 1. The first-order valence-electron chi connectivity index (χ1n) is 6.04. The topological polar surface area (TPSA) is 9.23 Å². The lowest BCUT2D eigenvalue weighted by Gasteiger charge is -2.02. The fourth-order valence-electron chi connectivity index (χ4n) is 1.79. The van der Waals surface area contributed by atoms with E-state index in [0.717, 1.165) is 11.3 Å². The molecule has 0 N–H and O–H groups in total. The lowest BCUT2D eigenvalue weighted by molar-refractivity contribution is 0.415. The molecular formula is C16H13F3O. The quantitative estimate of drug-likeness (QED) is 0.807. The molecule has 0 amide bonds. The predicted octanol–water partition coefficient (Wildman–Crippen LogP) is 4.37. The molecule has 0 aliphatic rings. The molecule has 0 aliphatic carbocycles. The summed E-state index contributed by atoms with van der Waals surface area (Å²) in [4.78, 5) is 0. The second kappa shape index (κ2) is 6.28. The SMILES string of the molecule is COc1ccc(/C=C/Cc2c(F)cc(F)cc2F)cc1. The zero-order chi connectivity index (χ0) is 14.5. The van der Waals surface area contributed by atoms with Gasteiger partial charge in [0.1, 0.15) is 23.2 Å². The minimum absolute atomic E-state index is 0.0595. The van der Waals surface area contributed by atoms with Gasteiger partial charge >= 0.3 is 0 Å². The van der Waals surface area contributed by atoms with Crippen LogP contribution in [0.5, 0.6) is 5.75 Å². The first-order chi connectivity index (χ1) is 9.60. The Bertz CT molecular complexity index is 595. The summed E-state index contributed by atoms with van der Waals surface area (Å²) in [6.45, 7) is 0. The average Bonchev–Trinajstić information content (AvgIpc) is 2.42. The molecule has 0 spiro atoms. The third kappa shape index (κ3) is 3.41. The van der Waals surface area contributed by atoms with E-state index in [0.29, 0.717) is 12.1 Å². The van der Waals surface area contributed by atoms with Crippen molar-refractivity contribution >= 4 is 6.08 Å². The van der Waals surface area contributed by atoms with Crippen LogP contribution in [0.25, 0.3) is 6.08 Å². The molecular weight excluding hydrogens is 265 g/mol. The van der Waals surface area contributed by atoms with Gasteiger partial charge in [-0.25, -0.2) is 13.2 Å². The molecule has 20 heavy (non-hydrogen) atoms. The van der Waals surface area contributed by atoms with E-state index in [9.17, 15) is 13.2 Å². The van der Waals surface area contributed by atoms with E-state index in [4.69, 9.17) is 4.74 Å². The van der Waals surface area contributed by atoms with Crippen molar-refractivity contribution in [2.45, 2.75) is 6.42 Å². The van der Waals surface area contributed by atoms with Gasteiger partial charge in [0.05, 0.1) is 7.11 Å². The Morgan fingerprint density at radius 2 is 1.60 bits per heavy atom. The van der Waals surface area contributed by atoms with Gasteiger partial charge in [-0.3, -0.25) is 0 Å². The van der Waals surface area contributed by atoms with Crippen LogP contribution in [0.2, 0.25) is 0 Å². The molecule has 104 valence electrons. The summed E-state index contributed by atoms with van der Waals surface area (Å²) in [5.41, 5.74) is 0.741. The van der Waals surface area contributed by atoms with Gasteiger partial charge < -0.3 is 4.74 Å². The minimum Gasteiger partial charge on any atom is -0.497 e. The van der Waals surface area contributed by atoms with Crippen molar-refractivity contribution in [3.8, 4) is 5.75 Å². The van der Waals surface area contributed by atoms with Gasteiger partial charge in [-0.2, -0.15) is 0 Å². The minimum atomic E-state index is -0.914. The van der Waals surface area contributed by atoms with Crippen LogP contribution >= 0.6 is 0 Å². The Balaban J connectivity index is 2.09. The number of halogens is 3. The third-order valence-electron chi connectivity index (χ3n) is 2.85. The molecule has 0 saturated heterocycles. The first kappa shape index (κ1) is 14.2. The highest BCUT2D eigenvalue weighted by Crippen LogP contribution is 2.17. The number of benzene rings is 2. The standard InChI is InChI=1S/C16H13F3O/c1-20-13-7-5-11(6-8-13)3-2-4-14-15(18)9-12(17)10-16(14)19/h2-3,5-10H,4H2,1H3/b3-2+. The van der Waals surface area contributed by atoms with Crippen LogP contribution in [0.15, 0.2) is 42.5 Å². The normalized spacial score (nSPS) is 11.0. The maximum Gasteiger partial charge on any atom is 0.132 e. The van der Waals surface area contributed by atoms with Gasteiger partial charge in [0.25, 0.3) is 0 Å². The van der Waals surface area contributed by atoms with E-state index in [1.54, 1.807) is 31.4 Å². The molecule has 1 nitrogen and oxygen atoms in total. The van der Waals surface area contributed by atoms with E-state index in [2.05, 4.69) is 0 Å². The zero-order valence-corrected chi connectivity index (χ0v) is 10.9. The molecule has 2 rings (SSSR count). The van der Waals surface area contributed by atoms with Gasteiger partial charge in [0.2, 0.25) is 0 Å². The van der Waals surface area contributed by atoms with Gasteiger partial charge in [-0.05, 0) is 24.1 Å². The van der Waals surface area contributed by atoms with Crippen molar-refractivity contribution in [2.75, 3.05) is 7.11 Å². The molecule has 0 radical (unpaired) electrons. The first-order valence-corrected chi connectivity index (χ1v) is 6.04. The summed E-state index contributed by atoms with van der Waals surface area (Å²) >= 11 is 0. The van der Waals surface area contributed by atoms with E-state index in [1.807, 2.05) is 12.1 Å². The van der Waals surface area contributed by atoms with Gasteiger partial charge in [-0.1, -0.05) is 24.3 Å². The molecule has 0 aliphatic heterocycles. The van der Waals surface area contributed by atoms with Crippen LogP contribution in [0.3, 0.4) is 0 Å². The Morgan fingerprint density at radius 1 is 1.00 bits per heavy atom. The highest BCUT2D eigenvalue weighted by Gasteiger charge is 2.09. The smallest absolute Gasteiger partial charge is 0.132 e. The fraction of sp³-hybridized carbons (Fsp3) is 0.125. The second-order valence-electron chi connectivity index (χ2n) is 4.23. The van der Waals surface area contributed by atoms with Crippen LogP contribution in [-0.2, 0) is 6.42 Å². The third-order valence-corrected chi connectivity index (χ3v) is 2.85. The highest BCUT2D eigenvalue weighted by atomic mass is 19.1. The number of rotatable bonds is 4. The van der Waals surface area contributed by atoms with Gasteiger partial charge in [0, 0.05) is 17.7 Å². The van der Waals surface area contributed by atoms with Crippen LogP contribution in [0.4, 0.5) is 13.2 Å². The molecule has 0 heterocycles. The van der Waals surface area contributed by atoms with E-state index in [-0.39, 0.29) is 12.0 Å². The summed E-state index contributed by atoms with van der Waals surface area (Å²) in [6.07, 6.45) is 3.42. The molecule has 0 atom stereocenters. The summed E-state index contributed by atoms with van der Waals surface area (Å²) < 4.78 is 44.6. The van der Waals surface area contributed by atoms with Gasteiger partial charge in [-0.15, -0.1) is 0 Å². The summed E-state index contributed by atoms with van der Waals surface area (Å²) in [5, 5.41) is 0. The number of methoxy groups -OCH3 is 1. The molecule has 0 unspecified atom stereocenters. The maximum absolute atomic E-state index is 13.4. The monoisotopic (exact) mass is 278 g/mol. The van der Waals surface area contributed by atoms with E-state index in [1.165, 1.54) is 0 Å². The number of hydrogen-bond acceptors (Lipinski definition) is 1. The predicted molar refractivity (Wildman–Crippen MR) is 72.0 cm³/mol. The summed E-state index contributed by atoms with van der Waals surface area (Å²) in [5.74, 6) is -1.93. The Kier molecular flexibility index (Phi) is 4.45. The van der Waals surface area contributed by atoms with Crippen LogP contribution in [-0.4, -0.2) is 7.11 Å². The van der Waals surface area contributed by atoms with Crippen LogP contribution < -0.4 is 4.74 Å². The molecule has 0 bridgehead atoms. The fourth-order valence-corrected chi connectivity index (χ4v) is 1.79. The van der Waals surface area contributed by atoms with Crippen molar-refractivity contribution in [1.29, 1.82) is 0 Å². The number of ether oxygens (including phenoxy) is 1. The van der Waals surface area contributed by atoms with Crippen molar-refractivity contribution < 1.29 is 17.9 Å². The highest BCUT2D eigenvalue weighted by molar-refractivity contribution is 5.51. The molecule has 0 saturated carbocycles. The lowest BCUT2D eigenvalue weighted by atomic mass is 10.1. The lowest BCUT2D eigenvalue weighted by Crippen LogP contribution is -1.95. The van der Waals surface area contributed by atoms with Crippen molar-refractivity contribution in [3.05, 3.63) is 71.1 Å². The molecule has 2 aromatic rings. The van der Waals surface area contributed by atoms with Crippen molar-refractivity contribution in [1.82, 2.24) is 0 Å². The molecule has 4 heteroatoms. The summed E-state index contributed by atoms with van der Waals surface area (Å²) in [6, 6.07) is 8.59. The zero-order valence-electron chi connectivity index (χ0n) is 10.9. The van der Waals surface area contributed by atoms with Crippen LogP contribution in [0.1, 0.15) is 11.1 Å². The Morgan fingerprint density at radius 3 is 2.15 bits per heavy atom. The van der Waals surface area contributed by atoms with Crippen molar-refractivity contribution in [2.24, 2.45) is 0 Å². The largest absolute Gasteiger partial charge is 0.497 e. The summed E-state index contributed by atoms with van der Waals surface area (Å²) in [7, 11) is 1.57. The second-order valence-corrected chi connectivity index (χ2v) is 4.23. The molecule has 0 fully saturated rings. The maximum atomic E-state index is 13.4.